The largest absolute Gasteiger partial charge is 0.368 e. The number of aromatic nitrogens is 2. The highest BCUT2D eigenvalue weighted by Crippen LogP contribution is 2.31. The Labute approximate surface area is 230 Å². The number of nitrogens with one attached hydrogen (secondary N) is 1. The van der Waals surface area contributed by atoms with E-state index in [1.54, 1.807) is 31.2 Å². The SMILES string of the molecule is Cc1nccc(NS(=O)(=O)c2ccc(N3CCN(C(=O)[C@H](C)N4CCCc5cc(Cl)ccc54)CC3)cc2)n1.[HH]. The van der Waals surface area contributed by atoms with Gasteiger partial charge in [-0.3, -0.25) is 9.52 Å². The third kappa shape index (κ3) is 5.56. The molecular weight excluding hydrogens is 524 g/mol. The van der Waals surface area contributed by atoms with Crippen molar-refractivity contribution in [2.75, 3.05) is 47.2 Å². The molecule has 38 heavy (non-hydrogen) atoms. The van der Waals surface area contributed by atoms with Crippen molar-refractivity contribution in [3.05, 3.63) is 71.1 Å². The van der Waals surface area contributed by atoms with Gasteiger partial charge in [-0.2, -0.15) is 0 Å². The Balaban J connectivity index is 0.00000353. The van der Waals surface area contributed by atoms with Crippen LogP contribution in [0.3, 0.4) is 0 Å². The van der Waals surface area contributed by atoms with Crippen LogP contribution >= 0.6 is 11.6 Å². The van der Waals surface area contributed by atoms with Gasteiger partial charge in [-0.1, -0.05) is 11.6 Å². The third-order valence-corrected chi connectivity index (χ3v) is 8.75. The summed E-state index contributed by atoms with van der Waals surface area (Å²) in [5, 5.41) is 0.725. The number of fused-ring (bicyclic) bond motifs is 1. The zero-order chi connectivity index (χ0) is 26.9. The molecule has 0 spiro atoms. The van der Waals surface area contributed by atoms with Gasteiger partial charge in [0.15, 0.2) is 0 Å². The van der Waals surface area contributed by atoms with E-state index in [1.807, 2.05) is 30.0 Å². The van der Waals surface area contributed by atoms with Gasteiger partial charge in [-0.25, -0.2) is 18.4 Å². The number of piperazine rings is 1. The van der Waals surface area contributed by atoms with E-state index >= 15 is 0 Å². The second-order valence-electron chi connectivity index (χ2n) is 9.65. The van der Waals surface area contributed by atoms with Crippen LogP contribution in [0.1, 0.15) is 26.2 Å². The predicted octanol–water partition coefficient (Wildman–Crippen LogP) is 3.98. The summed E-state index contributed by atoms with van der Waals surface area (Å²) in [6.45, 7) is 7.10. The van der Waals surface area contributed by atoms with E-state index in [0.717, 1.165) is 35.8 Å². The number of anilines is 3. The average molecular weight is 557 g/mol. The van der Waals surface area contributed by atoms with Crippen LogP contribution in [0.2, 0.25) is 5.02 Å². The molecule has 1 aromatic heterocycles. The molecule has 2 aliphatic rings. The third-order valence-electron chi connectivity index (χ3n) is 7.14. The van der Waals surface area contributed by atoms with Crippen molar-refractivity contribution in [3.8, 4) is 0 Å². The molecule has 5 rings (SSSR count). The summed E-state index contributed by atoms with van der Waals surface area (Å²) >= 11 is 6.19. The first-order valence-corrected chi connectivity index (χ1v) is 14.6. The van der Waals surface area contributed by atoms with E-state index < -0.39 is 10.0 Å². The van der Waals surface area contributed by atoms with Crippen LogP contribution in [0, 0.1) is 6.92 Å². The topological polar surface area (TPSA) is 98.7 Å². The number of amides is 1. The number of rotatable bonds is 6. The van der Waals surface area contributed by atoms with Gasteiger partial charge in [-0.15, -0.1) is 0 Å². The summed E-state index contributed by atoms with van der Waals surface area (Å²) in [6, 6.07) is 14.0. The van der Waals surface area contributed by atoms with Gasteiger partial charge in [0.2, 0.25) is 5.91 Å². The molecule has 3 heterocycles. The molecule has 1 atom stereocenters. The quantitative estimate of drug-likeness (QED) is 0.490. The molecule has 2 aromatic carbocycles. The predicted molar refractivity (Wildman–Crippen MR) is 152 cm³/mol. The van der Waals surface area contributed by atoms with Crippen molar-refractivity contribution < 1.29 is 14.6 Å². The van der Waals surface area contributed by atoms with Crippen LogP contribution in [0.15, 0.2) is 59.6 Å². The highest BCUT2D eigenvalue weighted by atomic mass is 35.5. The van der Waals surface area contributed by atoms with E-state index in [9.17, 15) is 13.2 Å². The maximum atomic E-state index is 13.4. The molecule has 1 fully saturated rings. The molecule has 1 saturated heterocycles. The van der Waals surface area contributed by atoms with Crippen molar-refractivity contribution in [3.63, 3.8) is 0 Å². The molecule has 202 valence electrons. The van der Waals surface area contributed by atoms with Crippen LogP contribution in [-0.4, -0.2) is 68.0 Å². The smallest absolute Gasteiger partial charge is 0.263 e. The molecule has 0 saturated carbocycles. The number of benzene rings is 2. The van der Waals surface area contributed by atoms with E-state index in [0.29, 0.717) is 32.0 Å². The molecule has 1 N–H and O–H groups in total. The fourth-order valence-electron chi connectivity index (χ4n) is 5.13. The minimum Gasteiger partial charge on any atom is -0.368 e. The van der Waals surface area contributed by atoms with Crippen molar-refractivity contribution in [2.45, 2.75) is 37.6 Å². The Hall–Kier alpha value is -3.37. The zero-order valence-corrected chi connectivity index (χ0v) is 23.0. The molecule has 0 aliphatic carbocycles. The number of sulfonamides is 1. The van der Waals surface area contributed by atoms with Crippen LogP contribution in [0.5, 0.6) is 0 Å². The number of hydrogen-bond donors (Lipinski definition) is 1. The molecule has 11 heteroatoms. The van der Waals surface area contributed by atoms with Crippen LogP contribution < -0.4 is 14.5 Å². The maximum Gasteiger partial charge on any atom is 0.263 e. The number of carbonyl (C=O) groups excluding carboxylic acids is 1. The molecule has 0 radical (unpaired) electrons. The highest BCUT2D eigenvalue weighted by Gasteiger charge is 2.31. The Morgan fingerprint density at radius 1 is 1.05 bits per heavy atom. The van der Waals surface area contributed by atoms with E-state index in [4.69, 9.17) is 11.6 Å². The normalized spacial score (nSPS) is 16.7. The lowest BCUT2D eigenvalue weighted by atomic mass is 10.00. The van der Waals surface area contributed by atoms with Gasteiger partial charge in [0, 0.05) is 56.7 Å². The maximum absolute atomic E-state index is 13.4. The van der Waals surface area contributed by atoms with Crippen LogP contribution in [0.25, 0.3) is 0 Å². The van der Waals surface area contributed by atoms with Gasteiger partial charge in [0.05, 0.1) is 4.90 Å². The zero-order valence-electron chi connectivity index (χ0n) is 21.5. The first-order chi connectivity index (χ1) is 18.2. The lowest BCUT2D eigenvalue weighted by Crippen LogP contribution is -2.55. The highest BCUT2D eigenvalue weighted by molar-refractivity contribution is 7.92. The molecular formula is C27H33ClN6O3S. The van der Waals surface area contributed by atoms with Crippen molar-refractivity contribution >= 4 is 44.7 Å². The van der Waals surface area contributed by atoms with Crippen molar-refractivity contribution in [1.29, 1.82) is 0 Å². The van der Waals surface area contributed by atoms with Gasteiger partial charge in [0.1, 0.15) is 17.7 Å². The summed E-state index contributed by atoms with van der Waals surface area (Å²) < 4.78 is 28.0. The summed E-state index contributed by atoms with van der Waals surface area (Å²) in [4.78, 5) is 27.9. The Kier molecular flexibility index (Phi) is 7.45. The fraction of sp³-hybridized carbons (Fsp3) is 0.370. The summed E-state index contributed by atoms with van der Waals surface area (Å²) in [5.41, 5.74) is 3.21. The number of carbonyl (C=O) groups is 1. The number of nitrogens with zero attached hydrogens (tertiary/aromatic N) is 5. The van der Waals surface area contributed by atoms with Crippen LogP contribution in [0.4, 0.5) is 17.2 Å². The number of aryl methyl sites for hydroxylation is 2. The fourth-order valence-corrected chi connectivity index (χ4v) is 6.32. The van der Waals surface area contributed by atoms with Gasteiger partial charge >= 0.3 is 0 Å². The minimum atomic E-state index is -3.77. The van der Waals surface area contributed by atoms with E-state index in [-0.39, 0.29) is 24.1 Å². The molecule has 0 bridgehead atoms. The Bertz CT molecular complexity index is 1430. The lowest BCUT2D eigenvalue weighted by molar-refractivity contribution is -0.132. The first kappa shape index (κ1) is 26.2. The molecule has 3 aromatic rings. The summed E-state index contributed by atoms with van der Waals surface area (Å²) in [7, 11) is -3.77. The van der Waals surface area contributed by atoms with Gasteiger partial charge in [-0.05, 0) is 80.8 Å². The summed E-state index contributed by atoms with van der Waals surface area (Å²) in [5.74, 6) is 0.839. The molecule has 1 amide bonds. The standard InChI is InChI=1S/C27H31ClN6O3S.H2/c1-19(34-13-3-4-21-18-22(28)5-10-25(21)34)27(35)33-16-14-32(15-17-33)23-6-8-24(9-7-23)38(36,37)31-26-11-12-29-20(2)30-26;/h5-12,18-19H,3-4,13-17H2,1-2H3,(H,29,30,31);1H/t19-;/m0./s1. The Morgan fingerprint density at radius 3 is 2.50 bits per heavy atom. The Morgan fingerprint density at radius 2 is 1.79 bits per heavy atom. The minimum absolute atomic E-state index is 0. The lowest BCUT2D eigenvalue weighted by Gasteiger charge is -2.41. The summed E-state index contributed by atoms with van der Waals surface area (Å²) in [6.07, 6.45) is 3.48. The second-order valence-corrected chi connectivity index (χ2v) is 11.8. The van der Waals surface area contributed by atoms with Crippen molar-refractivity contribution in [2.24, 2.45) is 0 Å². The average Bonchev–Trinajstić information content (AvgIpc) is 2.91. The first-order valence-electron chi connectivity index (χ1n) is 12.7. The van der Waals surface area contributed by atoms with Gasteiger partial charge in [0.25, 0.3) is 10.0 Å². The molecule has 9 nitrogen and oxygen atoms in total. The van der Waals surface area contributed by atoms with Gasteiger partial charge < -0.3 is 14.7 Å². The molecule has 2 aliphatic heterocycles. The van der Waals surface area contributed by atoms with Crippen LogP contribution in [-0.2, 0) is 21.2 Å². The van der Waals surface area contributed by atoms with E-state index in [2.05, 4.69) is 24.5 Å². The second kappa shape index (κ2) is 10.8. The molecule has 0 unspecified atom stereocenters. The number of halogens is 1. The van der Waals surface area contributed by atoms with Crippen molar-refractivity contribution in [1.82, 2.24) is 14.9 Å². The number of hydrogen-bond acceptors (Lipinski definition) is 7. The van der Waals surface area contributed by atoms with E-state index in [1.165, 1.54) is 17.8 Å². The monoisotopic (exact) mass is 556 g/mol.